The maximum atomic E-state index is 13.0. The largest absolute Gasteiger partial charge is 0.493 e. The molecular formula is C20H27N3O3. The van der Waals surface area contributed by atoms with Gasteiger partial charge in [0, 0.05) is 36.2 Å². The summed E-state index contributed by atoms with van der Waals surface area (Å²) < 4.78 is 12.9. The van der Waals surface area contributed by atoms with Gasteiger partial charge in [0.1, 0.15) is 0 Å². The number of carbonyl (C=O) groups is 1. The molecule has 1 N–H and O–H groups in total. The number of hydrogen-bond acceptors (Lipinski definition) is 3. The van der Waals surface area contributed by atoms with E-state index in [1.54, 1.807) is 26.4 Å². The minimum atomic E-state index is -0.0963. The number of fused-ring (bicyclic) bond motifs is 1. The highest BCUT2D eigenvalue weighted by atomic mass is 16.5. The van der Waals surface area contributed by atoms with E-state index in [0.29, 0.717) is 29.6 Å². The van der Waals surface area contributed by atoms with Crippen LogP contribution in [0.2, 0.25) is 0 Å². The van der Waals surface area contributed by atoms with Gasteiger partial charge in [0.15, 0.2) is 11.5 Å². The summed E-state index contributed by atoms with van der Waals surface area (Å²) in [5.41, 5.74) is 3.13. The molecule has 2 aromatic rings. The Morgan fingerprint density at radius 2 is 1.85 bits per heavy atom. The van der Waals surface area contributed by atoms with Crippen LogP contribution in [0.1, 0.15) is 31.3 Å². The summed E-state index contributed by atoms with van der Waals surface area (Å²) in [6, 6.07) is 9.60. The van der Waals surface area contributed by atoms with Crippen LogP contribution in [-0.4, -0.2) is 36.3 Å². The van der Waals surface area contributed by atoms with Crippen molar-refractivity contribution in [1.82, 2.24) is 9.47 Å². The van der Waals surface area contributed by atoms with E-state index in [-0.39, 0.29) is 12.1 Å². The lowest BCUT2D eigenvalue weighted by Crippen LogP contribution is -2.46. The van der Waals surface area contributed by atoms with Crippen LogP contribution in [0, 0.1) is 12.8 Å². The van der Waals surface area contributed by atoms with Crippen molar-refractivity contribution in [2.45, 2.75) is 33.4 Å². The lowest BCUT2D eigenvalue weighted by atomic mass is 9.97. The maximum Gasteiger partial charge on any atom is 0.322 e. The van der Waals surface area contributed by atoms with Crippen LogP contribution in [0.5, 0.6) is 11.5 Å². The number of amides is 2. The summed E-state index contributed by atoms with van der Waals surface area (Å²) in [6.07, 6.45) is 0. The standard InChI is InChI=1S/C20H27N3O3/c1-13(2)19-16-8-6-14(3)22(16)10-11-23(19)20(24)21-15-7-9-17(25-4)18(12-15)26-5/h6-9,12-13,19H,10-11H2,1-5H3,(H,21,24)/t19-/m0/s1. The van der Waals surface area contributed by atoms with Crippen LogP contribution in [0.25, 0.3) is 0 Å². The molecule has 0 saturated carbocycles. The van der Waals surface area contributed by atoms with Gasteiger partial charge in [-0.15, -0.1) is 0 Å². The predicted molar refractivity (Wildman–Crippen MR) is 102 cm³/mol. The van der Waals surface area contributed by atoms with Crippen LogP contribution in [0.3, 0.4) is 0 Å². The van der Waals surface area contributed by atoms with Crippen molar-refractivity contribution in [3.63, 3.8) is 0 Å². The first-order valence-corrected chi connectivity index (χ1v) is 8.92. The molecule has 0 unspecified atom stereocenters. The second-order valence-electron chi connectivity index (χ2n) is 6.93. The molecule has 2 amide bonds. The quantitative estimate of drug-likeness (QED) is 0.898. The summed E-state index contributed by atoms with van der Waals surface area (Å²) in [7, 11) is 3.17. The number of urea groups is 1. The van der Waals surface area contributed by atoms with Gasteiger partial charge in [0.25, 0.3) is 0 Å². The highest BCUT2D eigenvalue weighted by Crippen LogP contribution is 2.35. The number of anilines is 1. The number of nitrogens with zero attached hydrogens (tertiary/aromatic N) is 2. The molecule has 0 radical (unpaired) electrons. The minimum Gasteiger partial charge on any atom is -0.493 e. The number of rotatable bonds is 4. The third-order valence-electron chi connectivity index (χ3n) is 4.96. The van der Waals surface area contributed by atoms with Gasteiger partial charge in [-0.3, -0.25) is 0 Å². The molecule has 1 aliphatic heterocycles. The van der Waals surface area contributed by atoms with Gasteiger partial charge in [-0.2, -0.15) is 0 Å². The average Bonchev–Trinajstić information content (AvgIpc) is 3.01. The number of benzene rings is 1. The molecule has 0 bridgehead atoms. The lowest BCUT2D eigenvalue weighted by molar-refractivity contribution is 0.143. The van der Waals surface area contributed by atoms with Crippen molar-refractivity contribution in [2.75, 3.05) is 26.1 Å². The fourth-order valence-corrected chi connectivity index (χ4v) is 3.70. The van der Waals surface area contributed by atoms with Crippen LogP contribution >= 0.6 is 0 Å². The highest BCUT2D eigenvalue weighted by Gasteiger charge is 2.33. The van der Waals surface area contributed by atoms with Crippen molar-refractivity contribution in [3.05, 3.63) is 41.7 Å². The number of methoxy groups -OCH3 is 2. The summed E-state index contributed by atoms with van der Waals surface area (Å²) in [6.45, 7) is 7.92. The van der Waals surface area contributed by atoms with E-state index in [2.05, 4.69) is 42.8 Å². The summed E-state index contributed by atoms with van der Waals surface area (Å²) in [5, 5.41) is 3.00. The number of hydrogen-bond donors (Lipinski definition) is 1. The van der Waals surface area contributed by atoms with E-state index < -0.39 is 0 Å². The molecule has 1 aromatic heterocycles. The monoisotopic (exact) mass is 357 g/mol. The third kappa shape index (κ3) is 3.23. The summed E-state index contributed by atoms with van der Waals surface area (Å²) in [4.78, 5) is 14.9. The Bertz CT molecular complexity index is 798. The Morgan fingerprint density at radius 3 is 2.50 bits per heavy atom. The van der Waals surface area contributed by atoms with E-state index in [1.165, 1.54) is 11.4 Å². The zero-order chi connectivity index (χ0) is 18.8. The topological polar surface area (TPSA) is 55.7 Å². The molecule has 2 heterocycles. The molecular weight excluding hydrogens is 330 g/mol. The van der Waals surface area contributed by atoms with Crippen LogP contribution in [-0.2, 0) is 6.54 Å². The Balaban J connectivity index is 1.83. The number of nitrogens with one attached hydrogen (secondary N) is 1. The van der Waals surface area contributed by atoms with E-state index in [4.69, 9.17) is 9.47 Å². The number of aryl methyl sites for hydroxylation is 1. The van der Waals surface area contributed by atoms with E-state index in [0.717, 1.165) is 6.54 Å². The number of ether oxygens (including phenoxy) is 2. The lowest BCUT2D eigenvalue weighted by Gasteiger charge is -2.39. The Hall–Kier alpha value is -2.63. The fraction of sp³-hybridized carbons (Fsp3) is 0.450. The maximum absolute atomic E-state index is 13.0. The van der Waals surface area contributed by atoms with E-state index in [1.807, 2.05) is 11.0 Å². The van der Waals surface area contributed by atoms with Crippen LogP contribution in [0.4, 0.5) is 10.5 Å². The SMILES string of the molecule is COc1ccc(NC(=O)N2CCn3c(C)ccc3[C@@H]2C(C)C)cc1OC. The molecule has 0 spiro atoms. The van der Waals surface area contributed by atoms with E-state index in [9.17, 15) is 4.79 Å². The molecule has 0 saturated heterocycles. The first-order valence-electron chi connectivity index (χ1n) is 8.92. The molecule has 6 nitrogen and oxygen atoms in total. The highest BCUT2D eigenvalue weighted by molar-refractivity contribution is 5.90. The number of aromatic nitrogens is 1. The predicted octanol–water partition coefficient (Wildman–Crippen LogP) is 4.06. The van der Waals surface area contributed by atoms with Crippen molar-refractivity contribution >= 4 is 11.7 Å². The van der Waals surface area contributed by atoms with Gasteiger partial charge in [-0.25, -0.2) is 4.79 Å². The van der Waals surface area contributed by atoms with Gasteiger partial charge < -0.3 is 24.3 Å². The van der Waals surface area contributed by atoms with Gasteiger partial charge in [-0.1, -0.05) is 13.8 Å². The second-order valence-corrected chi connectivity index (χ2v) is 6.93. The third-order valence-corrected chi connectivity index (χ3v) is 4.96. The smallest absolute Gasteiger partial charge is 0.322 e. The molecule has 0 aliphatic carbocycles. The first-order chi connectivity index (χ1) is 12.5. The van der Waals surface area contributed by atoms with Crippen molar-refractivity contribution in [2.24, 2.45) is 5.92 Å². The molecule has 1 aliphatic rings. The fourth-order valence-electron chi connectivity index (χ4n) is 3.70. The van der Waals surface area contributed by atoms with Crippen LogP contribution < -0.4 is 14.8 Å². The molecule has 3 rings (SSSR count). The Morgan fingerprint density at radius 1 is 1.12 bits per heavy atom. The normalized spacial score (nSPS) is 16.4. The van der Waals surface area contributed by atoms with Gasteiger partial charge >= 0.3 is 6.03 Å². The molecule has 26 heavy (non-hydrogen) atoms. The van der Waals surface area contributed by atoms with Crippen LogP contribution in [0.15, 0.2) is 30.3 Å². The summed E-state index contributed by atoms with van der Waals surface area (Å²) >= 11 is 0. The molecule has 6 heteroatoms. The second kappa shape index (κ2) is 7.32. The zero-order valence-electron chi connectivity index (χ0n) is 16.1. The minimum absolute atomic E-state index is 0.0533. The van der Waals surface area contributed by atoms with Crippen molar-refractivity contribution in [3.8, 4) is 11.5 Å². The molecule has 0 fully saturated rings. The van der Waals surface area contributed by atoms with Gasteiger partial charge in [0.05, 0.1) is 20.3 Å². The average molecular weight is 357 g/mol. The van der Waals surface area contributed by atoms with Gasteiger partial charge in [0.2, 0.25) is 0 Å². The number of carbonyl (C=O) groups excluding carboxylic acids is 1. The van der Waals surface area contributed by atoms with Crippen molar-refractivity contribution in [1.29, 1.82) is 0 Å². The molecule has 1 aromatic carbocycles. The summed E-state index contributed by atoms with van der Waals surface area (Å²) in [5.74, 6) is 1.55. The van der Waals surface area contributed by atoms with Gasteiger partial charge in [-0.05, 0) is 37.1 Å². The zero-order valence-corrected chi connectivity index (χ0v) is 16.1. The first kappa shape index (κ1) is 18.2. The molecule has 1 atom stereocenters. The molecule has 140 valence electrons. The Kier molecular flexibility index (Phi) is 5.11. The Labute approximate surface area is 154 Å². The van der Waals surface area contributed by atoms with Crippen molar-refractivity contribution < 1.29 is 14.3 Å². The van der Waals surface area contributed by atoms with E-state index >= 15 is 0 Å².